The molecule has 98 valence electrons. The Morgan fingerprint density at radius 1 is 1.00 bits per heavy atom. The van der Waals surface area contributed by atoms with E-state index in [1.165, 1.54) is 0 Å². The summed E-state index contributed by atoms with van der Waals surface area (Å²) in [5.41, 5.74) is 2.74. The number of hydrogen-bond donors (Lipinski definition) is 1. The molecular weight excluding hydrogens is 272 g/mol. The van der Waals surface area contributed by atoms with Crippen molar-refractivity contribution in [3.05, 3.63) is 77.2 Å². The number of H-pyrrole nitrogens is 1. The summed E-state index contributed by atoms with van der Waals surface area (Å²) < 4.78 is 0. The van der Waals surface area contributed by atoms with Crippen LogP contribution in [0.5, 0.6) is 0 Å². The zero-order valence-corrected chi connectivity index (χ0v) is 11.3. The van der Waals surface area contributed by atoms with Crippen LogP contribution in [0, 0.1) is 0 Å². The first-order valence-electron chi connectivity index (χ1n) is 6.15. The van der Waals surface area contributed by atoms with Gasteiger partial charge in [0.05, 0.1) is 11.3 Å². The third-order valence-electron chi connectivity index (χ3n) is 3.06. The number of aromatic nitrogens is 2. The van der Waals surface area contributed by atoms with E-state index < -0.39 is 0 Å². The van der Waals surface area contributed by atoms with Gasteiger partial charge in [0.15, 0.2) is 5.78 Å². The molecule has 3 nitrogen and oxygen atoms in total. The monoisotopic (exact) mass is 282 g/mol. The van der Waals surface area contributed by atoms with Crippen LogP contribution >= 0.6 is 11.6 Å². The van der Waals surface area contributed by atoms with E-state index in [1.54, 1.807) is 30.6 Å². The lowest BCUT2D eigenvalue weighted by Crippen LogP contribution is -2.03. The van der Waals surface area contributed by atoms with Crippen molar-refractivity contribution in [2.75, 3.05) is 0 Å². The summed E-state index contributed by atoms with van der Waals surface area (Å²) in [5.74, 6) is -0.136. The molecule has 3 rings (SSSR count). The second-order valence-electron chi connectivity index (χ2n) is 4.30. The Labute approximate surface area is 121 Å². The van der Waals surface area contributed by atoms with Gasteiger partial charge in [-0.1, -0.05) is 41.9 Å². The topological polar surface area (TPSA) is 45.8 Å². The van der Waals surface area contributed by atoms with Gasteiger partial charge in [-0.3, -0.25) is 4.79 Å². The number of carbonyl (C=O) groups is 1. The summed E-state index contributed by atoms with van der Waals surface area (Å²) >= 11 is 5.99. The van der Waals surface area contributed by atoms with E-state index in [2.05, 4.69) is 9.97 Å². The molecule has 0 bridgehead atoms. The maximum absolute atomic E-state index is 12.6. The number of hydrogen-bond acceptors (Lipinski definition) is 2. The van der Waals surface area contributed by atoms with E-state index in [0.717, 1.165) is 11.3 Å². The molecule has 2 aromatic heterocycles. The Morgan fingerprint density at radius 2 is 1.80 bits per heavy atom. The van der Waals surface area contributed by atoms with Gasteiger partial charge in [-0.05, 0) is 23.8 Å². The van der Waals surface area contributed by atoms with Crippen LogP contribution in [0.25, 0.3) is 11.3 Å². The van der Waals surface area contributed by atoms with E-state index in [9.17, 15) is 4.79 Å². The number of aromatic amines is 1. The third kappa shape index (κ3) is 2.24. The Bertz CT molecular complexity index is 750. The molecule has 4 heteroatoms. The number of nitrogens with zero attached hydrogens (tertiary/aromatic N) is 1. The average molecular weight is 283 g/mol. The summed E-state index contributed by atoms with van der Waals surface area (Å²) in [6.07, 6.45) is 3.31. The van der Waals surface area contributed by atoms with Crippen LogP contribution in [0.3, 0.4) is 0 Å². The Morgan fingerprint density at radius 3 is 2.55 bits per heavy atom. The molecule has 0 aliphatic carbocycles. The van der Waals surface area contributed by atoms with Crippen LogP contribution in [-0.2, 0) is 0 Å². The van der Waals surface area contributed by atoms with Gasteiger partial charge in [-0.25, -0.2) is 4.98 Å². The molecule has 0 saturated heterocycles. The Kier molecular flexibility index (Phi) is 3.35. The highest BCUT2D eigenvalue weighted by Gasteiger charge is 2.18. The smallest absolute Gasteiger partial charge is 0.198 e. The first-order chi connectivity index (χ1) is 9.77. The maximum Gasteiger partial charge on any atom is 0.198 e. The van der Waals surface area contributed by atoms with E-state index in [0.29, 0.717) is 11.1 Å². The van der Waals surface area contributed by atoms with Crippen LogP contribution in [0.1, 0.15) is 15.9 Å². The van der Waals surface area contributed by atoms with Crippen LogP contribution in [0.2, 0.25) is 5.15 Å². The molecule has 3 aromatic rings. The van der Waals surface area contributed by atoms with Crippen LogP contribution < -0.4 is 0 Å². The van der Waals surface area contributed by atoms with Gasteiger partial charge >= 0.3 is 0 Å². The summed E-state index contributed by atoms with van der Waals surface area (Å²) in [5, 5.41) is 0.220. The fourth-order valence-electron chi connectivity index (χ4n) is 2.10. The molecule has 0 fully saturated rings. The largest absolute Gasteiger partial charge is 0.361 e. The van der Waals surface area contributed by atoms with E-state index in [-0.39, 0.29) is 10.9 Å². The van der Waals surface area contributed by atoms with Gasteiger partial charge in [-0.15, -0.1) is 0 Å². The molecule has 1 N–H and O–H groups in total. The van der Waals surface area contributed by atoms with Crippen molar-refractivity contribution in [3.63, 3.8) is 0 Å². The van der Waals surface area contributed by atoms with Crippen molar-refractivity contribution in [2.24, 2.45) is 0 Å². The minimum atomic E-state index is -0.136. The standard InChI is InChI=1S/C16H11ClN2O/c17-16-13(7-4-9-19-16)15(20)12-8-10-18-14(12)11-5-2-1-3-6-11/h1-10,18H. The van der Waals surface area contributed by atoms with Gasteiger partial charge in [-0.2, -0.15) is 0 Å². The predicted octanol–water partition coefficient (Wildman–Crippen LogP) is 3.96. The molecule has 1 aromatic carbocycles. The predicted molar refractivity (Wildman–Crippen MR) is 78.9 cm³/mol. The Balaban J connectivity index is 2.07. The lowest BCUT2D eigenvalue weighted by Gasteiger charge is -2.05. The van der Waals surface area contributed by atoms with Crippen molar-refractivity contribution in [2.45, 2.75) is 0 Å². The molecule has 0 saturated carbocycles. The maximum atomic E-state index is 12.6. The number of pyridine rings is 1. The molecule has 20 heavy (non-hydrogen) atoms. The van der Waals surface area contributed by atoms with Crippen molar-refractivity contribution in [1.82, 2.24) is 9.97 Å². The molecule has 2 heterocycles. The number of ketones is 1. The van der Waals surface area contributed by atoms with Crippen molar-refractivity contribution in [1.29, 1.82) is 0 Å². The van der Waals surface area contributed by atoms with Crippen molar-refractivity contribution < 1.29 is 4.79 Å². The first kappa shape index (κ1) is 12.6. The molecule has 0 radical (unpaired) electrons. The lowest BCUT2D eigenvalue weighted by molar-refractivity contribution is 0.103. The van der Waals surface area contributed by atoms with Gasteiger partial charge in [0.25, 0.3) is 0 Å². The number of rotatable bonds is 3. The molecule has 0 aliphatic heterocycles. The second kappa shape index (κ2) is 5.31. The zero-order valence-electron chi connectivity index (χ0n) is 10.5. The Hall–Kier alpha value is -2.39. The quantitative estimate of drug-likeness (QED) is 0.584. The zero-order chi connectivity index (χ0) is 13.9. The van der Waals surface area contributed by atoms with E-state index in [1.807, 2.05) is 30.3 Å². The van der Waals surface area contributed by atoms with E-state index >= 15 is 0 Å². The van der Waals surface area contributed by atoms with Gasteiger partial charge in [0.2, 0.25) is 0 Å². The summed E-state index contributed by atoms with van der Waals surface area (Å²) in [7, 11) is 0. The van der Waals surface area contributed by atoms with Crippen molar-refractivity contribution >= 4 is 17.4 Å². The average Bonchev–Trinajstić information content (AvgIpc) is 2.97. The molecule has 0 atom stereocenters. The second-order valence-corrected chi connectivity index (χ2v) is 4.66. The highest BCUT2D eigenvalue weighted by atomic mass is 35.5. The highest BCUT2D eigenvalue weighted by molar-refractivity contribution is 6.34. The van der Waals surface area contributed by atoms with Crippen LogP contribution in [-0.4, -0.2) is 15.8 Å². The van der Waals surface area contributed by atoms with Gasteiger partial charge in [0, 0.05) is 18.0 Å². The van der Waals surface area contributed by atoms with Crippen LogP contribution in [0.4, 0.5) is 0 Å². The van der Waals surface area contributed by atoms with E-state index in [4.69, 9.17) is 11.6 Å². The SMILES string of the molecule is O=C(c1cccnc1Cl)c1cc[nH]c1-c1ccccc1. The molecule has 0 unspecified atom stereocenters. The summed E-state index contributed by atoms with van der Waals surface area (Å²) in [6.45, 7) is 0. The number of nitrogens with one attached hydrogen (secondary N) is 1. The minimum Gasteiger partial charge on any atom is -0.361 e. The normalized spacial score (nSPS) is 10.4. The molecule has 0 spiro atoms. The lowest BCUT2D eigenvalue weighted by atomic mass is 10.0. The van der Waals surface area contributed by atoms with Gasteiger partial charge in [0.1, 0.15) is 5.15 Å². The van der Waals surface area contributed by atoms with Gasteiger partial charge < -0.3 is 4.98 Å². The fraction of sp³-hybridized carbons (Fsp3) is 0. The van der Waals surface area contributed by atoms with Crippen molar-refractivity contribution in [3.8, 4) is 11.3 Å². The highest BCUT2D eigenvalue weighted by Crippen LogP contribution is 2.25. The summed E-state index contributed by atoms with van der Waals surface area (Å²) in [4.78, 5) is 19.6. The first-order valence-corrected chi connectivity index (χ1v) is 6.53. The summed E-state index contributed by atoms with van der Waals surface area (Å²) in [6, 6.07) is 14.8. The number of benzene rings is 1. The third-order valence-corrected chi connectivity index (χ3v) is 3.36. The molecule has 0 amide bonds. The molecular formula is C16H11ClN2O. The number of carbonyl (C=O) groups excluding carboxylic acids is 1. The molecule has 0 aliphatic rings. The fourth-order valence-corrected chi connectivity index (χ4v) is 2.31. The minimum absolute atomic E-state index is 0.136. The van der Waals surface area contributed by atoms with Crippen LogP contribution in [0.15, 0.2) is 60.9 Å². The number of halogens is 1.